The van der Waals surface area contributed by atoms with Crippen LogP contribution in [0.25, 0.3) is 10.9 Å². The number of benzene rings is 2. The van der Waals surface area contributed by atoms with E-state index in [9.17, 15) is 14.3 Å². The Morgan fingerprint density at radius 1 is 1.26 bits per heavy atom. The number of carbonyl (C=O) groups is 1. The first-order chi connectivity index (χ1) is 11.1. The fraction of sp³-hybridized carbons (Fsp3) is 0.167. The lowest BCUT2D eigenvalue weighted by atomic mass is 10.1. The normalized spacial score (nSPS) is 12.3. The second kappa shape index (κ2) is 6.22. The van der Waals surface area contributed by atoms with Crippen molar-refractivity contribution in [2.24, 2.45) is 0 Å². The highest BCUT2D eigenvalue weighted by molar-refractivity contribution is 5.99. The summed E-state index contributed by atoms with van der Waals surface area (Å²) in [5.74, 6) is -0.690. The van der Waals surface area contributed by atoms with E-state index >= 15 is 0 Å². The quantitative estimate of drug-likeness (QED) is 0.693. The van der Waals surface area contributed by atoms with Crippen LogP contribution in [0.5, 0.6) is 0 Å². The summed E-state index contributed by atoms with van der Waals surface area (Å²) in [6.45, 7) is 1.59. The molecule has 3 N–H and O–H groups in total. The minimum atomic E-state index is -0.493. The van der Waals surface area contributed by atoms with Crippen LogP contribution in [0.4, 0.5) is 4.39 Å². The number of aromatic nitrogens is 1. The zero-order valence-electron chi connectivity index (χ0n) is 12.6. The number of amides is 1. The standard InChI is InChI=1S/C18H17FN2O2/c1-11-7-13(19)8-15-14(11)9-16(20-15)18(23)21-17(10-22)12-5-3-2-4-6-12/h2-9,17,20,22H,10H2,1H3,(H,21,23). The van der Waals surface area contributed by atoms with Crippen molar-refractivity contribution < 1.29 is 14.3 Å². The summed E-state index contributed by atoms with van der Waals surface area (Å²) < 4.78 is 13.4. The summed E-state index contributed by atoms with van der Waals surface area (Å²) in [5.41, 5.74) is 2.50. The number of aliphatic hydroxyl groups is 1. The number of rotatable bonds is 4. The van der Waals surface area contributed by atoms with Gasteiger partial charge in [0.15, 0.2) is 0 Å². The molecule has 2 aromatic carbocycles. The number of fused-ring (bicyclic) bond motifs is 1. The number of hydrogen-bond donors (Lipinski definition) is 3. The fourth-order valence-electron chi connectivity index (χ4n) is 2.65. The lowest BCUT2D eigenvalue weighted by Crippen LogP contribution is -2.30. The largest absolute Gasteiger partial charge is 0.394 e. The highest BCUT2D eigenvalue weighted by Crippen LogP contribution is 2.21. The highest BCUT2D eigenvalue weighted by Gasteiger charge is 2.17. The second-order valence-corrected chi connectivity index (χ2v) is 5.49. The van der Waals surface area contributed by atoms with Crippen molar-refractivity contribution in [3.05, 3.63) is 71.2 Å². The van der Waals surface area contributed by atoms with E-state index in [1.165, 1.54) is 12.1 Å². The Morgan fingerprint density at radius 2 is 2.00 bits per heavy atom. The first-order valence-corrected chi connectivity index (χ1v) is 7.34. The van der Waals surface area contributed by atoms with E-state index in [4.69, 9.17) is 0 Å². The SMILES string of the molecule is Cc1cc(F)cc2[nH]c(C(=O)NC(CO)c3ccccc3)cc12. The predicted octanol–water partition coefficient (Wildman–Crippen LogP) is 3.08. The number of H-pyrrole nitrogens is 1. The van der Waals surface area contributed by atoms with E-state index in [0.29, 0.717) is 11.2 Å². The van der Waals surface area contributed by atoms with Crippen molar-refractivity contribution in [2.75, 3.05) is 6.61 Å². The Bertz CT molecular complexity index is 843. The van der Waals surface area contributed by atoms with Crippen molar-refractivity contribution in [1.82, 2.24) is 10.3 Å². The molecule has 1 atom stereocenters. The molecule has 3 aromatic rings. The third-order valence-corrected chi connectivity index (χ3v) is 3.84. The zero-order valence-corrected chi connectivity index (χ0v) is 12.6. The Labute approximate surface area is 133 Å². The summed E-state index contributed by atoms with van der Waals surface area (Å²) in [6, 6.07) is 13.2. The van der Waals surface area contributed by atoms with Gasteiger partial charge in [-0.25, -0.2) is 4.39 Å². The highest BCUT2D eigenvalue weighted by atomic mass is 19.1. The molecule has 4 nitrogen and oxygen atoms in total. The monoisotopic (exact) mass is 312 g/mol. The number of nitrogens with one attached hydrogen (secondary N) is 2. The number of aryl methyl sites for hydroxylation is 1. The van der Waals surface area contributed by atoms with E-state index in [2.05, 4.69) is 10.3 Å². The van der Waals surface area contributed by atoms with Crippen molar-refractivity contribution in [2.45, 2.75) is 13.0 Å². The Morgan fingerprint density at radius 3 is 2.70 bits per heavy atom. The van der Waals surface area contributed by atoms with Crippen LogP contribution < -0.4 is 5.32 Å². The molecule has 1 aromatic heterocycles. The maximum Gasteiger partial charge on any atom is 0.268 e. The van der Waals surface area contributed by atoms with E-state index in [1.54, 1.807) is 13.0 Å². The number of aromatic amines is 1. The maximum absolute atomic E-state index is 13.4. The van der Waals surface area contributed by atoms with E-state index in [-0.39, 0.29) is 18.3 Å². The topological polar surface area (TPSA) is 65.1 Å². The van der Waals surface area contributed by atoms with Crippen LogP contribution in [-0.2, 0) is 0 Å². The van der Waals surface area contributed by atoms with E-state index < -0.39 is 6.04 Å². The molecule has 1 heterocycles. The first kappa shape index (κ1) is 15.2. The third-order valence-electron chi connectivity index (χ3n) is 3.84. The maximum atomic E-state index is 13.4. The summed E-state index contributed by atoms with van der Waals surface area (Å²) in [5, 5.41) is 13.1. The molecular weight excluding hydrogens is 295 g/mol. The molecular formula is C18H17FN2O2. The number of hydrogen-bond acceptors (Lipinski definition) is 2. The van der Waals surface area contributed by atoms with Crippen molar-refractivity contribution in [3.63, 3.8) is 0 Å². The summed E-state index contributed by atoms with van der Waals surface area (Å²) in [7, 11) is 0. The molecule has 0 spiro atoms. The molecule has 1 amide bonds. The van der Waals surface area contributed by atoms with Gasteiger partial charge < -0.3 is 15.4 Å². The van der Waals surface area contributed by atoms with Crippen molar-refractivity contribution in [3.8, 4) is 0 Å². The number of carbonyl (C=O) groups excluding carboxylic acids is 1. The Hall–Kier alpha value is -2.66. The van der Waals surface area contributed by atoms with Crippen molar-refractivity contribution in [1.29, 1.82) is 0 Å². The van der Waals surface area contributed by atoms with Gasteiger partial charge in [0.25, 0.3) is 5.91 Å². The van der Waals surface area contributed by atoms with Gasteiger partial charge in [0.2, 0.25) is 0 Å². The zero-order chi connectivity index (χ0) is 16.4. The number of aliphatic hydroxyl groups excluding tert-OH is 1. The van der Waals surface area contributed by atoms with Gasteiger partial charge in [-0.3, -0.25) is 4.79 Å². The minimum absolute atomic E-state index is 0.205. The average Bonchev–Trinajstić information content (AvgIpc) is 2.97. The third kappa shape index (κ3) is 3.10. The van der Waals surface area contributed by atoms with Crippen LogP contribution in [0.3, 0.4) is 0 Å². The Balaban J connectivity index is 1.87. The molecule has 0 fully saturated rings. The van der Waals surface area contributed by atoms with Gasteiger partial charge in [-0.1, -0.05) is 30.3 Å². The molecule has 0 bridgehead atoms. The van der Waals surface area contributed by atoms with Crippen LogP contribution in [0, 0.1) is 12.7 Å². The molecule has 0 saturated heterocycles. The van der Waals surface area contributed by atoms with Gasteiger partial charge in [0.1, 0.15) is 11.5 Å². The van der Waals surface area contributed by atoms with Gasteiger partial charge in [-0.05, 0) is 36.2 Å². The predicted molar refractivity (Wildman–Crippen MR) is 86.7 cm³/mol. The summed E-state index contributed by atoms with van der Waals surface area (Å²) in [4.78, 5) is 15.3. The molecule has 23 heavy (non-hydrogen) atoms. The lowest BCUT2D eigenvalue weighted by molar-refractivity contribution is 0.0912. The molecule has 118 valence electrons. The van der Waals surface area contributed by atoms with Crippen LogP contribution in [0.2, 0.25) is 0 Å². The molecule has 0 aliphatic heterocycles. The number of halogens is 1. The van der Waals surface area contributed by atoms with Crippen LogP contribution in [-0.4, -0.2) is 22.6 Å². The minimum Gasteiger partial charge on any atom is -0.394 e. The van der Waals surface area contributed by atoms with Gasteiger partial charge in [-0.15, -0.1) is 0 Å². The summed E-state index contributed by atoms with van der Waals surface area (Å²) >= 11 is 0. The smallest absolute Gasteiger partial charge is 0.268 e. The van der Waals surface area contributed by atoms with Gasteiger partial charge in [0.05, 0.1) is 12.6 Å². The van der Waals surface area contributed by atoms with Crippen LogP contribution in [0.15, 0.2) is 48.5 Å². The summed E-state index contributed by atoms with van der Waals surface area (Å²) in [6.07, 6.45) is 0. The van der Waals surface area contributed by atoms with Gasteiger partial charge in [-0.2, -0.15) is 0 Å². The fourth-order valence-corrected chi connectivity index (χ4v) is 2.65. The van der Waals surface area contributed by atoms with Crippen LogP contribution >= 0.6 is 0 Å². The molecule has 0 aliphatic rings. The first-order valence-electron chi connectivity index (χ1n) is 7.34. The second-order valence-electron chi connectivity index (χ2n) is 5.49. The molecule has 3 rings (SSSR count). The molecule has 0 saturated carbocycles. The average molecular weight is 312 g/mol. The lowest BCUT2D eigenvalue weighted by Gasteiger charge is -2.16. The molecule has 0 radical (unpaired) electrons. The van der Waals surface area contributed by atoms with E-state index in [0.717, 1.165) is 16.5 Å². The van der Waals surface area contributed by atoms with E-state index in [1.807, 2.05) is 30.3 Å². The van der Waals surface area contributed by atoms with Crippen LogP contribution in [0.1, 0.15) is 27.7 Å². The Kier molecular flexibility index (Phi) is 4.12. The molecule has 1 unspecified atom stereocenters. The molecule has 0 aliphatic carbocycles. The van der Waals surface area contributed by atoms with Gasteiger partial charge in [0, 0.05) is 10.9 Å². The van der Waals surface area contributed by atoms with Gasteiger partial charge >= 0.3 is 0 Å². The van der Waals surface area contributed by atoms with Crippen molar-refractivity contribution >= 4 is 16.8 Å². The molecule has 5 heteroatoms.